The van der Waals surface area contributed by atoms with Gasteiger partial charge in [0.25, 0.3) is 5.91 Å². The monoisotopic (exact) mass is 287 g/mol. The standard InChI is InChI=1S/C15H14FN3O2/c1-11(12-3-2-8-17-9-12)18-19-15(20)10-21-14-6-4-13(16)5-7-14/h2-9H,10H2,1H3,(H,19,20). The van der Waals surface area contributed by atoms with Crippen LogP contribution in [0.1, 0.15) is 12.5 Å². The van der Waals surface area contributed by atoms with Gasteiger partial charge in [0.1, 0.15) is 11.6 Å². The van der Waals surface area contributed by atoms with E-state index >= 15 is 0 Å². The van der Waals surface area contributed by atoms with Crippen LogP contribution in [0.5, 0.6) is 5.75 Å². The van der Waals surface area contributed by atoms with E-state index in [4.69, 9.17) is 4.74 Å². The van der Waals surface area contributed by atoms with E-state index in [1.807, 2.05) is 6.07 Å². The first-order valence-corrected chi connectivity index (χ1v) is 6.27. The molecule has 1 amide bonds. The predicted molar refractivity (Wildman–Crippen MR) is 76.5 cm³/mol. The summed E-state index contributed by atoms with van der Waals surface area (Å²) in [5.74, 6) is -0.342. The highest BCUT2D eigenvalue weighted by Crippen LogP contribution is 2.10. The summed E-state index contributed by atoms with van der Waals surface area (Å²) in [4.78, 5) is 15.6. The fraction of sp³-hybridized carbons (Fsp3) is 0.133. The van der Waals surface area contributed by atoms with Crippen molar-refractivity contribution in [1.82, 2.24) is 10.4 Å². The summed E-state index contributed by atoms with van der Waals surface area (Å²) in [5.41, 5.74) is 3.84. The molecule has 0 radical (unpaired) electrons. The van der Waals surface area contributed by atoms with Crippen LogP contribution in [0.4, 0.5) is 4.39 Å². The van der Waals surface area contributed by atoms with Gasteiger partial charge < -0.3 is 4.74 Å². The van der Waals surface area contributed by atoms with Gasteiger partial charge in [-0.2, -0.15) is 5.10 Å². The number of hydrogen-bond donors (Lipinski definition) is 1. The number of pyridine rings is 1. The molecule has 0 saturated heterocycles. The number of benzene rings is 1. The lowest BCUT2D eigenvalue weighted by molar-refractivity contribution is -0.123. The number of amides is 1. The Kier molecular flexibility index (Phi) is 4.98. The number of halogens is 1. The van der Waals surface area contributed by atoms with Gasteiger partial charge in [0.05, 0.1) is 5.71 Å². The zero-order valence-corrected chi connectivity index (χ0v) is 11.4. The number of rotatable bonds is 5. The van der Waals surface area contributed by atoms with Crippen LogP contribution >= 0.6 is 0 Å². The highest BCUT2D eigenvalue weighted by Gasteiger charge is 2.03. The summed E-state index contributed by atoms with van der Waals surface area (Å²) in [6.45, 7) is 1.56. The number of nitrogens with zero attached hydrogens (tertiary/aromatic N) is 2. The number of hydrogen-bond acceptors (Lipinski definition) is 4. The Balaban J connectivity index is 1.83. The van der Waals surface area contributed by atoms with Crippen molar-refractivity contribution < 1.29 is 13.9 Å². The molecule has 5 nitrogen and oxygen atoms in total. The van der Waals surface area contributed by atoms with Gasteiger partial charge in [0.15, 0.2) is 6.61 Å². The minimum atomic E-state index is -0.400. The van der Waals surface area contributed by atoms with Crippen LogP contribution in [0.25, 0.3) is 0 Å². The maximum Gasteiger partial charge on any atom is 0.277 e. The SMILES string of the molecule is CC(=NNC(=O)COc1ccc(F)cc1)c1cccnc1. The number of ether oxygens (including phenoxy) is 1. The van der Waals surface area contributed by atoms with Crippen molar-refractivity contribution in [3.63, 3.8) is 0 Å². The Labute approximate surface area is 121 Å². The first-order chi connectivity index (χ1) is 10.1. The van der Waals surface area contributed by atoms with Crippen molar-refractivity contribution in [2.24, 2.45) is 5.10 Å². The van der Waals surface area contributed by atoms with E-state index in [-0.39, 0.29) is 12.4 Å². The van der Waals surface area contributed by atoms with Crippen LogP contribution in [0.2, 0.25) is 0 Å². The third-order valence-electron chi connectivity index (χ3n) is 2.61. The quantitative estimate of drug-likeness (QED) is 0.677. The van der Waals surface area contributed by atoms with E-state index in [1.54, 1.807) is 25.4 Å². The smallest absolute Gasteiger partial charge is 0.277 e. The lowest BCUT2D eigenvalue weighted by Crippen LogP contribution is -2.25. The molecule has 0 aliphatic carbocycles. The molecule has 0 saturated carbocycles. The summed E-state index contributed by atoms with van der Waals surface area (Å²) in [6, 6.07) is 9.05. The lowest BCUT2D eigenvalue weighted by atomic mass is 10.2. The molecule has 2 aromatic rings. The van der Waals surface area contributed by atoms with Gasteiger partial charge in [-0.05, 0) is 37.3 Å². The minimum Gasteiger partial charge on any atom is -0.484 e. The maximum atomic E-state index is 12.7. The first kappa shape index (κ1) is 14.6. The molecular weight excluding hydrogens is 273 g/mol. The normalized spacial score (nSPS) is 11.0. The molecule has 0 unspecified atom stereocenters. The van der Waals surface area contributed by atoms with Crippen molar-refractivity contribution in [3.05, 3.63) is 60.2 Å². The average Bonchev–Trinajstić information content (AvgIpc) is 2.53. The Hall–Kier alpha value is -2.76. The fourth-order valence-corrected chi connectivity index (χ4v) is 1.50. The van der Waals surface area contributed by atoms with Crippen molar-refractivity contribution in [3.8, 4) is 5.75 Å². The van der Waals surface area contributed by atoms with E-state index in [9.17, 15) is 9.18 Å². The van der Waals surface area contributed by atoms with E-state index in [0.717, 1.165) is 5.56 Å². The van der Waals surface area contributed by atoms with E-state index in [0.29, 0.717) is 11.5 Å². The van der Waals surface area contributed by atoms with Crippen molar-refractivity contribution in [2.45, 2.75) is 6.92 Å². The van der Waals surface area contributed by atoms with Gasteiger partial charge in [-0.15, -0.1) is 0 Å². The second-order valence-electron chi connectivity index (χ2n) is 4.22. The second-order valence-corrected chi connectivity index (χ2v) is 4.22. The topological polar surface area (TPSA) is 63.6 Å². The molecule has 1 aromatic carbocycles. The van der Waals surface area contributed by atoms with Gasteiger partial charge >= 0.3 is 0 Å². The molecule has 0 atom stereocenters. The van der Waals surface area contributed by atoms with Gasteiger partial charge in [-0.3, -0.25) is 9.78 Å². The van der Waals surface area contributed by atoms with Crippen LogP contribution in [0, 0.1) is 5.82 Å². The van der Waals surface area contributed by atoms with E-state index < -0.39 is 5.91 Å². The highest BCUT2D eigenvalue weighted by molar-refractivity contribution is 5.98. The number of hydrazone groups is 1. The van der Waals surface area contributed by atoms with Gasteiger partial charge in [-0.1, -0.05) is 6.07 Å². The third kappa shape index (κ3) is 4.68. The average molecular weight is 287 g/mol. The van der Waals surface area contributed by atoms with Crippen molar-refractivity contribution in [1.29, 1.82) is 0 Å². The molecular formula is C15H14FN3O2. The molecule has 1 aromatic heterocycles. The van der Waals surface area contributed by atoms with Crippen molar-refractivity contribution in [2.75, 3.05) is 6.61 Å². The van der Waals surface area contributed by atoms with Crippen LogP contribution in [-0.2, 0) is 4.79 Å². The van der Waals surface area contributed by atoms with Crippen LogP contribution < -0.4 is 10.2 Å². The Morgan fingerprint density at radius 3 is 2.76 bits per heavy atom. The molecule has 2 rings (SSSR count). The Morgan fingerprint density at radius 2 is 2.10 bits per heavy atom. The first-order valence-electron chi connectivity index (χ1n) is 6.27. The predicted octanol–water partition coefficient (Wildman–Crippen LogP) is 2.14. The molecule has 0 aliphatic rings. The number of carbonyl (C=O) groups is 1. The molecule has 0 fully saturated rings. The molecule has 21 heavy (non-hydrogen) atoms. The van der Waals surface area contributed by atoms with Crippen LogP contribution in [-0.4, -0.2) is 23.2 Å². The number of carbonyl (C=O) groups excluding carboxylic acids is 1. The molecule has 108 valence electrons. The summed E-state index contributed by atoms with van der Waals surface area (Å²) in [6.07, 6.45) is 3.31. The summed E-state index contributed by atoms with van der Waals surface area (Å²) < 4.78 is 17.9. The molecule has 1 N–H and O–H groups in total. The summed E-state index contributed by atoms with van der Waals surface area (Å²) in [7, 11) is 0. The molecule has 1 heterocycles. The van der Waals surface area contributed by atoms with E-state index in [2.05, 4.69) is 15.5 Å². The molecule has 0 bridgehead atoms. The van der Waals surface area contributed by atoms with Gasteiger partial charge in [0.2, 0.25) is 0 Å². The van der Waals surface area contributed by atoms with E-state index in [1.165, 1.54) is 24.3 Å². The molecule has 6 heteroatoms. The van der Waals surface area contributed by atoms with Crippen LogP contribution in [0.3, 0.4) is 0 Å². The Morgan fingerprint density at radius 1 is 1.33 bits per heavy atom. The number of aromatic nitrogens is 1. The fourth-order valence-electron chi connectivity index (χ4n) is 1.50. The summed E-state index contributed by atoms with van der Waals surface area (Å²) in [5, 5.41) is 3.96. The lowest BCUT2D eigenvalue weighted by Gasteiger charge is -2.05. The highest BCUT2D eigenvalue weighted by atomic mass is 19.1. The molecule has 0 spiro atoms. The molecule has 0 aliphatic heterocycles. The minimum absolute atomic E-state index is 0.199. The Bertz CT molecular complexity index is 627. The van der Waals surface area contributed by atoms with Crippen LogP contribution in [0.15, 0.2) is 53.9 Å². The van der Waals surface area contributed by atoms with Gasteiger partial charge in [-0.25, -0.2) is 9.82 Å². The number of nitrogens with one attached hydrogen (secondary N) is 1. The zero-order chi connectivity index (χ0) is 15.1. The van der Waals surface area contributed by atoms with Gasteiger partial charge in [0, 0.05) is 18.0 Å². The van der Waals surface area contributed by atoms with Crippen molar-refractivity contribution >= 4 is 11.6 Å². The second kappa shape index (κ2) is 7.14. The summed E-state index contributed by atoms with van der Waals surface area (Å²) >= 11 is 0. The largest absolute Gasteiger partial charge is 0.484 e. The maximum absolute atomic E-state index is 12.7. The third-order valence-corrected chi connectivity index (χ3v) is 2.61. The zero-order valence-electron chi connectivity index (χ0n) is 11.4.